The highest BCUT2D eigenvalue weighted by Crippen LogP contribution is 2.30. The number of nitrogen functional groups attached to an aromatic ring is 1. The molecule has 0 spiro atoms. The van der Waals surface area contributed by atoms with Gasteiger partial charge in [0.25, 0.3) is 0 Å². The Labute approximate surface area is 108 Å². The van der Waals surface area contributed by atoms with Crippen LogP contribution in [0.2, 0.25) is 5.02 Å². The molecule has 0 amide bonds. The number of hydrogen-bond donors (Lipinski definition) is 2. The summed E-state index contributed by atoms with van der Waals surface area (Å²) in [6.45, 7) is 0. The lowest BCUT2D eigenvalue weighted by Crippen LogP contribution is -2.12. The van der Waals surface area contributed by atoms with Crippen LogP contribution in [0.4, 0.5) is 4.39 Å². The minimum absolute atomic E-state index is 0.133. The fourth-order valence-corrected chi connectivity index (χ4v) is 1.57. The van der Waals surface area contributed by atoms with Gasteiger partial charge in [0.2, 0.25) is 0 Å². The Bertz CT molecular complexity index is 604. The Kier molecular flexibility index (Phi) is 3.43. The molecule has 92 valence electrons. The smallest absolute Gasteiger partial charge is 0.156 e. The first kappa shape index (κ1) is 12.3. The van der Waals surface area contributed by atoms with E-state index in [-0.39, 0.29) is 16.6 Å². The van der Waals surface area contributed by atoms with E-state index in [1.54, 1.807) is 6.07 Å². The van der Waals surface area contributed by atoms with Crippen LogP contribution in [0.1, 0.15) is 5.56 Å². The third kappa shape index (κ3) is 2.57. The SMILES string of the molecule is N=C(N)c1ccncc1Oc1ccc(F)cc1Cl. The molecule has 2 rings (SSSR count). The number of rotatable bonds is 3. The number of nitrogens with one attached hydrogen (secondary N) is 1. The maximum atomic E-state index is 12.9. The monoisotopic (exact) mass is 265 g/mol. The van der Waals surface area contributed by atoms with Crippen molar-refractivity contribution in [3.8, 4) is 11.5 Å². The van der Waals surface area contributed by atoms with Crippen LogP contribution >= 0.6 is 11.6 Å². The summed E-state index contributed by atoms with van der Waals surface area (Å²) in [5.41, 5.74) is 5.81. The van der Waals surface area contributed by atoms with E-state index in [4.69, 9.17) is 27.5 Å². The van der Waals surface area contributed by atoms with Gasteiger partial charge in [-0.05, 0) is 24.3 Å². The van der Waals surface area contributed by atoms with Crippen molar-refractivity contribution < 1.29 is 9.13 Å². The number of ether oxygens (including phenoxy) is 1. The number of halogens is 2. The molecule has 2 aromatic rings. The maximum Gasteiger partial charge on any atom is 0.156 e. The van der Waals surface area contributed by atoms with Crippen LogP contribution in [0.15, 0.2) is 36.7 Å². The molecule has 4 nitrogen and oxygen atoms in total. The van der Waals surface area contributed by atoms with Crippen molar-refractivity contribution in [2.24, 2.45) is 5.73 Å². The number of hydrogen-bond acceptors (Lipinski definition) is 3. The molecule has 3 N–H and O–H groups in total. The van der Waals surface area contributed by atoms with Crippen LogP contribution in [0.5, 0.6) is 11.5 Å². The topological polar surface area (TPSA) is 72.0 Å². The predicted molar refractivity (Wildman–Crippen MR) is 66.7 cm³/mol. The van der Waals surface area contributed by atoms with Crippen LogP contribution in [-0.4, -0.2) is 10.8 Å². The highest BCUT2D eigenvalue weighted by Gasteiger charge is 2.10. The van der Waals surface area contributed by atoms with E-state index in [0.717, 1.165) is 6.07 Å². The molecule has 1 aromatic carbocycles. The predicted octanol–water partition coefficient (Wildman–Crippen LogP) is 2.95. The minimum atomic E-state index is -0.453. The van der Waals surface area contributed by atoms with Gasteiger partial charge in [0.1, 0.15) is 17.4 Å². The molecule has 1 aromatic heterocycles. The molecule has 0 radical (unpaired) electrons. The number of nitrogens with two attached hydrogens (primary N) is 1. The summed E-state index contributed by atoms with van der Waals surface area (Å²) in [4.78, 5) is 3.88. The van der Waals surface area contributed by atoms with Crippen molar-refractivity contribution in [1.29, 1.82) is 5.41 Å². The standard InChI is InChI=1S/C12H9ClFN3O/c13-9-5-7(14)1-2-10(9)18-11-6-17-4-3-8(11)12(15)16/h1-6H,(H3,15,16). The largest absolute Gasteiger partial charge is 0.453 e. The van der Waals surface area contributed by atoms with Gasteiger partial charge in [-0.15, -0.1) is 0 Å². The molecule has 18 heavy (non-hydrogen) atoms. The van der Waals surface area contributed by atoms with Crippen LogP contribution in [0, 0.1) is 11.2 Å². The number of amidine groups is 1. The molecule has 0 aliphatic heterocycles. The molecule has 0 saturated heterocycles. The van der Waals surface area contributed by atoms with Crippen LogP contribution in [0.25, 0.3) is 0 Å². The highest BCUT2D eigenvalue weighted by atomic mass is 35.5. The second-order valence-corrected chi connectivity index (χ2v) is 3.87. The first-order valence-corrected chi connectivity index (χ1v) is 5.37. The molecule has 1 heterocycles. The van der Waals surface area contributed by atoms with Crippen molar-refractivity contribution >= 4 is 17.4 Å². The van der Waals surface area contributed by atoms with E-state index in [1.807, 2.05) is 0 Å². The lowest BCUT2D eigenvalue weighted by molar-refractivity contribution is 0.477. The van der Waals surface area contributed by atoms with Gasteiger partial charge in [-0.2, -0.15) is 0 Å². The van der Waals surface area contributed by atoms with Gasteiger partial charge in [0, 0.05) is 6.20 Å². The van der Waals surface area contributed by atoms with E-state index in [1.165, 1.54) is 24.5 Å². The Morgan fingerprint density at radius 2 is 2.11 bits per heavy atom. The number of nitrogens with zero attached hydrogens (tertiary/aromatic N) is 1. The Morgan fingerprint density at radius 1 is 1.33 bits per heavy atom. The van der Waals surface area contributed by atoms with Crippen molar-refractivity contribution in [3.63, 3.8) is 0 Å². The zero-order valence-electron chi connectivity index (χ0n) is 9.15. The average Bonchev–Trinajstić information content (AvgIpc) is 2.33. The number of aromatic nitrogens is 1. The Hall–Kier alpha value is -2.14. The molecule has 6 heteroatoms. The zero-order chi connectivity index (χ0) is 13.1. The van der Waals surface area contributed by atoms with Crippen molar-refractivity contribution in [2.75, 3.05) is 0 Å². The van der Waals surface area contributed by atoms with Gasteiger partial charge in [-0.25, -0.2) is 4.39 Å². The van der Waals surface area contributed by atoms with Gasteiger partial charge < -0.3 is 10.5 Å². The fraction of sp³-hybridized carbons (Fsp3) is 0. The summed E-state index contributed by atoms with van der Waals surface area (Å²) < 4.78 is 18.4. The normalized spacial score (nSPS) is 10.1. The molecule has 0 bridgehead atoms. The lowest BCUT2D eigenvalue weighted by Gasteiger charge is -2.10. The van der Waals surface area contributed by atoms with Crippen molar-refractivity contribution in [1.82, 2.24) is 4.98 Å². The van der Waals surface area contributed by atoms with Gasteiger partial charge in [-0.3, -0.25) is 10.4 Å². The first-order chi connectivity index (χ1) is 8.58. The van der Waals surface area contributed by atoms with Gasteiger partial charge >= 0.3 is 0 Å². The third-order valence-electron chi connectivity index (χ3n) is 2.19. The summed E-state index contributed by atoms with van der Waals surface area (Å²) in [5.74, 6) is -0.0389. The van der Waals surface area contributed by atoms with Gasteiger partial charge in [-0.1, -0.05) is 11.6 Å². The van der Waals surface area contributed by atoms with Gasteiger partial charge in [0.05, 0.1) is 16.8 Å². The summed E-state index contributed by atoms with van der Waals surface area (Å²) in [6, 6.07) is 5.31. The van der Waals surface area contributed by atoms with E-state index < -0.39 is 5.82 Å². The second-order valence-electron chi connectivity index (χ2n) is 3.46. The molecular formula is C12H9ClFN3O. The van der Waals surface area contributed by atoms with Crippen LogP contribution in [-0.2, 0) is 0 Å². The Morgan fingerprint density at radius 3 is 2.78 bits per heavy atom. The number of pyridine rings is 1. The van der Waals surface area contributed by atoms with E-state index in [0.29, 0.717) is 11.3 Å². The summed E-state index contributed by atoms with van der Waals surface area (Å²) in [7, 11) is 0. The number of benzene rings is 1. The molecule has 0 aliphatic rings. The van der Waals surface area contributed by atoms with E-state index >= 15 is 0 Å². The summed E-state index contributed by atoms with van der Waals surface area (Å²) in [6.07, 6.45) is 2.91. The third-order valence-corrected chi connectivity index (χ3v) is 2.48. The molecule has 0 unspecified atom stereocenters. The van der Waals surface area contributed by atoms with E-state index in [2.05, 4.69) is 4.98 Å². The zero-order valence-corrected chi connectivity index (χ0v) is 9.91. The molecule has 0 aliphatic carbocycles. The second kappa shape index (κ2) is 5.01. The highest BCUT2D eigenvalue weighted by molar-refractivity contribution is 6.32. The first-order valence-electron chi connectivity index (χ1n) is 4.99. The fourth-order valence-electron chi connectivity index (χ4n) is 1.36. The van der Waals surface area contributed by atoms with Gasteiger partial charge in [0.15, 0.2) is 5.75 Å². The molecule has 0 fully saturated rings. The van der Waals surface area contributed by atoms with Crippen LogP contribution < -0.4 is 10.5 Å². The van der Waals surface area contributed by atoms with Crippen molar-refractivity contribution in [3.05, 3.63) is 53.1 Å². The maximum absolute atomic E-state index is 12.9. The van der Waals surface area contributed by atoms with Crippen LogP contribution in [0.3, 0.4) is 0 Å². The molecule has 0 saturated carbocycles. The molecular weight excluding hydrogens is 257 g/mol. The summed E-state index contributed by atoms with van der Waals surface area (Å²) in [5, 5.41) is 7.54. The summed E-state index contributed by atoms with van der Waals surface area (Å²) >= 11 is 5.84. The van der Waals surface area contributed by atoms with E-state index in [9.17, 15) is 4.39 Å². The van der Waals surface area contributed by atoms with Crippen molar-refractivity contribution in [2.45, 2.75) is 0 Å². The lowest BCUT2D eigenvalue weighted by atomic mass is 10.2. The Balaban J connectivity index is 2.37. The average molecular weight is 266 g/mol. The quantitative estimate of drug-likeness (QED) is 0.662. The molecule has 0 atom stereocenters. The minimum Gasteiger partial charge on any atom is -0.453 e.